The topological polar surface area (TPSA) is 91.8 Å². The molecule has 3 aliphatic heterocycles. The number of hydrogen-bond acceptors (Lipinski definition) is 5. The van der Waals surface area contributed by atoms with Crippen molar-refractivity contribution in [3.8, 4) is 17.2 Å². The number of pyridine rings is 1. The summed E-state index contributed by atoms with van der Waals surface area (Å²) >= 11 is 13.1. The molecule has 11 rings (SSSR count). The fraction of sp³-hybridized carbons (Fsp3) is 0.450. The van der Waals surface area contributed by atoms with Gasteiger partial charge in [0.25, 0.3) is 0 Å². The Hall–Kier alpha value is -3.97. The van der Waals surface area contributed by atoms with Gasteiger partial charge < -0.3 is 14.8 Å². The number of nitrogens with zero attached hydrogens (tertiary/aromatic N) is 6. The number of aromatic nitrogens is 4. The highest BCUT2D eigenvalue weighted by molar-refractivity contribution is 6.43. The molecule has 3 saturated carbocycles. The molecule has 1 N–H and O–H groups in total. The maximum atomic E-state index is 17.2. The summed E-state index contributed by atoms with van der Waals surface area (Å²) in [5.41, 5.74) is 5.88. The predicted octanol–water partition coefficient (Wildman–Crippen LogP) is 8.60. The van der Waals surface area contributed by atoms with Crippen molar-refractivity contribution in [1.82, 2.24) is 29.5 Å². The molecule has 5 unspecified atom stereocenters. The summed E-state index contributed by atoms with van der Waals surface area (Å²) in [4.78, 5) is 21.1. The second-order valence-corrected chi connectivity index (χ2v) is 16.3. The molecule has 2 aromatic carbocycles. The van der Waals surface area contributed by atoms with Crippen LogP contribution in [-0.2, 0) is 11.2 Å². The number of nitrogens with one attached hydrogen (secondary N) is 1. The van der Waals surface area contributed by atoms with Crippen molar-refractivity contribution in [2.45, 2.75) is 88.4 Å². The number of carbonyl (C=O) groups is 1. The van der Waals surface area contributed by atoms with Crippen molar-refractivity contribution < 1.29 is 9.18 Å². The Morgan fingerprint density at radius 2 is 1.98 bits per heavy atom. The maximum Gasteiger partial charge on any atom is 0.226 e. The monoisotopic (exact) mass is 721 g/mol. The van der Waals surface area contributed by atoms with Crippen molar-refractivity contribution in [3.63, 3.8) is 0 Å². The smallest absolute Gasteiger partial charge is 0.226 e. The van der Waals surface area contributed by atoms with Gasteiger partial charge in [-0.3, -0.25) is 9.48 Å². The number of halogens is 3. The molecule has 6 fully saturated rings. The molecule has 260 valence electrons. The number of hydrogen-bond donors (Lipinski definition) is 1. The third kappa shape index (κ3) is 4.97. The zero-order valence-corrected chi connectivity index (χ0v) is 29.9. The van der Waals surface area contributed by atoms with Crippen molar-refractivity contribution in [2.24, 2.45) is 11.8 Å². The van der Waals surface area contributed by atoms with E-state index in [-0.39, 0.29) is 46.9 Å². The molecule has 5 aromatic rings. The van der Waals surface area contributed by atoms with Crippen LogP contribution in [0.2, 0.25) is 10.0 Å². The van der Waals surface area contributed by atoms with E-state index in [4.69, 9.17) is 33.3 Å². The maximum absolute atomic E-state index is 17.2. The minimum Gasteiger partial charge on any atom is -0.337 e. The van der Waals surface area contributed by atoms with E-state index < -0.39 is 5.82 Å². The molecule has 2 bridgehead atoms. The van der Waals surface area contributed by atoms with Crippen LogP contribution in [0.1, 0.15) is 91.5 Å². The van der Waals surface area contributed by atoms with E-state index >= 15 is 4.39 Å². The highest BCUT2D eigenvalue weighted by Gasteiger charge is 2.51. The number of rotatable bonds is 8. The number of carbonyl (C=O) groups excluding carboxylic acids is 1. The highest BCUT2D eigenvalue weighted by atomic mass is 35.5. The van der Waals surface area contributed by atoms with Gasteiger partial charge in [0.2, 0.25) is 5.91 Å². The van der Waals surface area contributed by atoms with Crippen LogP contribution in [0, 0.1) is 35.9 Å². The first-order valence-electron chi connectivity index (χ1n) is 18.4. The van der Waals surface area contributed by atoms with Gasteiger partial charge in [-0.15, -0.1) is 0 Å². The Kier molecular flexibility index (Phi) is 7.33. The van der Waals surface area contributed by atoms with Crippen molar-refractivity contribution in [3.05, 3.63) is 81.1 Å². The standard InChI is InChI=1S/C40H38Cl2FN7O/c1-20-28-15-33(32-14-26(19-48(32)40(51)22-9-10-22)49-18-25(17-46-49)21-7-8-21)50(38-24-13-31(38)45-16-24)39(28)29-12-23(4-3-11-44)34(36(43)37(29)47-20)27-5-2-6-30(41)35(27)42/h2,5-6,12,15,17-18,21-22,24,26,31-32,38,45H,3-4,7-10,13-14,16,19H2,1H3. The van der Waals surface area contributed by atoms with Crippen LogP contribution in [0.15, 0.2) is 42.7 Å². The summed E-state index contributed by atoms with van der Waals surface area (Å²) in [7, 11) is 0. The average molecular weight is 723 g/mol. The number of benzene rings is 2. The van der Waals surface area contributed by atoms with Gasteiger partial charge in [0.1, 0.15) is 5.52 Å². The van der Waals surface area contributed by atoms with Gasteiger partial charge in [-0.25, -0.2) is 9.37 Å². The van der Waals surface area contributed by atoms with Crippen molar-refractivity contribution in [1.29, 1.82) is 5.26 Å². The van der Waals surface area contributed by atoms with E-state index in [0.717, 1.165) is 59.9 Å². The largest absolute Gasteiger partial charge is 0.337 e. The van der Waals surface area contributed by atoms with E-state index in [1.807, 2.05) is 19.2 Å². The van der Waals surface area contributed by atoms with Crippen LogP contribution in [0.4, 0.5) is 4.39 Å². The Balaban J connectivity index is 1.19. The molecule has 6 heterocycles. The van der Waals surface area contributed by atoms with Crippen LogP contribution in [0.3, 0.4) is 0 Å². The molecular formula is C40H38Cl2FN7O. The lowest BCUT2D eigenvalue weighted by Gasteiger charge is -2.39. The second kappa shape index (κ2) is 11.8. The molecular weight excluding hydrogens is 684 g/mol. The summed E-state index contributed by atoms with van der Waals surface area (Å²) in [5.74, 6) is 0.911. The number of aryl methyl sites for hydroxylation is 2. The van der Waals surface area contributed by atoms with Gasteiger partial charge in [-0.1, -0.05) is 35.3 Å². The SMILES string of the molecule is Cc1nc2c(F)c(-c3cccc(Cl)c3Cl)c(CCC#N)cc2c2c1cc(C1CC(n3cc(C4CC4)cn3)CN1C(=O)C1CC1)n2C1C2CNC1C2. The number of fused-ring (bicyclic) bond motifs is 4. The van der Waals surface area contributed by atoms with Gasteiger partial charge in [-0.05, 0) is 93.0 Å². The van der Waals surface area contributed by atoms with Crippen LogP contribution in [-0.4, -0.2) is 49.3 Å². The Morgan fingerprint density at radius 1 is 1.14 bits per heavy atom. The summed E-state index contributed by atoms with van der Waals surface area (Å²) in [6.07, 6.45) is 11.0. The number of amides is 1. The number of nitriles is 1. The minimum absolute atomic E-state index is 0.0731. The number of likely N-dealkylation sites (tertiary alicyclic amines) is 1. The van der Waals surface area contributed by atoms with Gasteiger partial charge in [0.05, 0.1) is 46.0 Å². The van der Waals surface area contributed by atoms with Gasteiger partial charge in [0, 0.05) is 71.0 Å². The lowest BCUT2D eigenvalue weighted by atomic mass is 9.79. The molecule has 51 heavy (non-hydrogen) atoms. The first-order valence-corrected chi connectivity index (χ1v) is 19.1. The molecule has 11 heteroatoms. The van der Waals surface area contributed by atoms with E-state index in [1.54, 1.807) is 18.2 Å². The van der Waals surface area contributed by atoms with Crippen LogP contribution in [0.25, 0.3) is 32.9 Å². The molecule has 3 aliphatic carbocycles. The zero-order valence-electron chi connectivity index (χ0n) is 28.4. The molecule has 8 nitrogen and oxygen atoms in total. The molecule has 0 radical (unpaired) electrons. The molecule has 1 amide bonds. The summed E-state index contributed by atoms with van der Waals surface area (Å²) in [6.45, 7) is 3.51. The first kappa shape index (κ1) is 31.7. The third-order valence-electron chi connectivity index (χ3n) is 12.3. The Morgan fingerprint density at radius 3 is 2.71 bits per heavy atom. The summed E-state index contributed by atoms with van der Waals surface area (Å²) in [5, 5.41) is 20.5. The van der Waals surface area contributed by atoms with E-state index in [1.165, 1.54) is 18.4 Å². The second-order valence-electron chi connectivity index (χ2n) is 15.5. The first-order chi connectivity index (χ1) is 24.8. The lowest BCUT2D eigenvalue weighted by molar-refractivity contribution is -0.133. The van der Waals surface area contributed by atoms with Crippen LogP contribution in [0.5, 0.6) is 0 Å². The van der Waals surface area contributed by atoms with Crippen molar-refractivity contribution in [2.75, 3.05) is 13.1 Å². The lowest BCUT2D eigenvalue weighted by Crippen LogP contribution is -2.41. The molecule has 3 aromatic heterocycles. The Labute approximate surface area is 305 Å². The normalized spacial score (nSPS) is 25.5. The zero-order chi connectivity index (χ0) is 34.7. The van der Waals surface area contributed by atoms with Crippen LogP contribution >= 0.6 is 23.2 Å². The average Bonchev–Trinajstić information content (AvgIpc) is 3.82. The van der Waals surface area contributed by atoms with Crippen LogP contribution < -0.4 is 5.32 Å². The summed E-state index contributed by atoms with van der Waals surface area (Å²) in [6, 6.07) is 12.1. The third-order valence-corrected chi connectivity index (χ3v) is 13.1. The van der Waals surface area contributed by atoms with Gasteiger partial charge in [-0.2, -0.15) is 10.4 Å². The van der Waals surface area contributed by atoms with Gasteiger partial charge >= 0.3 is 0 Å². The molecule has 6 aliphatic rings. The quantitative estimate of drug-likeness (QED) is 0.173. The fourth-order valence-electron chi connectivity index (χ4n) is 9.37. The van der Waals surface area contributed by atoms with Gasteiger partial charge in [0.15, 0.2) is 5.82 Å². The van der Waals surface area contributed by atoms with Crippen molar-refractivity contribution >= 4 is 50.9 Å². The van der Waals surface area contributed by atoms with E-state index in [0.29, 0.717) is 52.6 Å². The van der Waals surface area contributed by atoms with E-state index in [2.05, 4.69) is 37.8 Å². The van der Waals surface area contributed by atoms with E-state index in [9.17, 15) is 10.1 Å². The Bertz CT molecular complexity index is 2300. The molecule has 5 atom stereocenters. The molecule has 0 spiro atoms. The summed E-state index contributed by atoms with van der Waals surface area (Å²) < 4.78 is 21.8. The fourth-order valence-corrected chi connectivity index (χ4v) is 9.77. The highest BCUT2D eigenvalue weighted by Crippen LogP contribution is 2.52. The molecule has 3 saturated heterocycles. The minimum atomic E-state index is -0.463. The predicted molar refractivity (Wildman–Crippen MR) is 195 cm³/mol.